The van der Waals surface area contributed by atoms with E-state index in [0.717, 1.165) is 23.9 Å². The maximum Gasteiger partial charge on any atom is 0.125 e. The second-order valence-corrected chi connectivity index (χ2v) is 5.20. The number of hydrogen-bond donors (Lipinski definition) is 3. The van der Waals surface area contributed by atoms with Crippen molar-refractivity contribution < 1.29 is 5.11 Å². The number of phenolic OH excluding ortho intramolecular Hbond substituents is 1. The molecule has 3 nitrogen and oxygen atoms in total. The molecule has 0 spiro atoms. The van der Waals surface area contributed by atoms with Gasteiger partial charge in [0.25, 0.3) is 0 Å². The van der Waals surface area contributed by atoms with Crippen molar-refractivity contribution in [1.29, 1.82) is 0 Å². The van der Waals surface area contributed by atoms with E-state index in [0.29, 0.717) is 11.8 Å². The molecule has 0 saturated heterocycles. The Balaban J connectivity index is 1.67. The van der Waals surface area contributed by atoms with Crippen molar-refractivity contribution in [3.63, 3.8) is 0 Å². The lowest BCUT2D eigenvalue weighted by molar-refractivity contribution is 0.481. The lowest BCUT2D eigenvalue weighted by Gasteiger charge is -2.11. The number of hydrogen-bond acceptors (Lipinski definition) is 2. The Bertz CT molecular complexity index is 526. The van der Waals surface area contributed by atoms with Crippen molar-refractivity contribution in [3.8, 4) is 5.75 Å². The molecule has 0 amide bonds. The number of aromatic nitrogens is 1. The minimum atomic E-state index is 0.379. The van der Waals surface area contributed by atoms with Crippen molar-refractivity contribution in [1.82, 2.24) is 10.3 Å². The summed E-state index contributed by atoms with van der Waals surface area (Å²) in [7, 11) is 0. The maximum absolute atomic E-state index is 9.91. The van der Waals surface area contributed by atoms with Crippen LogP contribution in [0.4, 0.5) is 0 Å². The Morgan fingerprint density at radius 2 is 2.11 bits per heavy atom. The maximum atomic E-state index is 9.91. The van der Waals surface area contributed by atoms with Crippen LogP contribution in [-0.2, 0) is 6.42 Å². The van der Waals surface area contributed by atoms with Crippen LogP contribution in [0, 0.1) is 0 Å². The number of aromatic amines is 1. The molecule has 1 aliphatic rings. The molecule has 96 valence electrons. The third-order valence-electron chi connectivity index (χ3n) is 3.95. The molecule has 1 heterocycles. The lowest BCUT2D eigenvalue weighted by atomic mass is 10.1. The minimum absolute atomic E-state index is 0.379. The zero-order chi connectivity index (χ0) is 12.4. The van der Waals surface area contributed by atoms with Gasteiger partial charge in [-0.05, 0) is 43.5 Å². The van der Waals surface area contributed by atoms with Crippen LogP contribution in [-0.4, -0.2) is 22.7 Å². The number of nitrogens with one attached hydrogen (secondary N) is 2. The number of H-pyrrole nitrogens is 1. The molecular weight excluding hydrogens is 224 g/mol. The summed E-state index contributed by atoms with van der Waals surface area (Å²) in [6.45, 7) is 0.992. The Morgan fingerprint density at radius 3 is 2.94 bits per heavy atom. The van der Waals surface area contributed by atoms with Gasteiger partial charge in [-0.15, -0.1) is 0 Å². The first kappa shape index (κ1) is 11.6. The zero-order valence-electron chi connectivity index (χ0n) is 10.6. The molecule has 0 radical (unpaired) electrons. The average molecular weight is 244 g/mol. The molecule has 1 aliphatic carbocycles. The highest BCUT2D eigenvalue weighted by atomic mass is 16.3. The molecule has 1 saturated carbocycles. The number of rotatable bonds is 4. The largest absolute Gasteiger partial charge is 0.507 e. The van der Waals surface area contributed by atoms with Gasteiger partial charge >= 0.3 is 0 Å². The smallest absolute Gasteiger partial charge is 0.125 e. The van der Waals surface area contributed by atoms with E-state index in [1.54, 1.807) is 6.07 Å². The van der Waals surface area contributed by atoms with E-state index < -0.39 is 0 Å². The third kappa shape index (κ3) is 2.23. The van der Waals surface area contributed by atoms with Crippen LogP contribution in [0.1, 0.15) is 31.2 Å². The van der Waals surface area contributed by atoms with E-state index in [-0.39, 0.29) is 0 Å². The molecule has 0 atom stereocenters. The molecule has 1 fully saturated rings. The average Bonchev–Trinajstić information content (AvgIpc) is 3.00. The van der Waals surface area contributed by atoms with Gasteiger partial charge in [-0.2, -0.15) is 0 Å². The van der Waals surface area contributed by atoms with Crippen LogP contribution in [0.5, 0.6) is 5.75 Å². The predicted molar refractivity (Wildman–Crippen MR) is 73.9 cm³/mol. The molecule has 0 bridgehead atoms. The highest BCUT2D eigenvalue weighted by molar-refractivity contribution is 5.88. The molecule has 18 heavy (non-hydrogen) atoms. The number of fused-ring (bicyclic) bond motifs is 1. The summed E-state index contributed by atoms with van der Waals surface area (Å²) in [6.07, 6.45) is 8.35. The molecular formula is C15H20N2O. The summed E-state index contributed by atoms with van der Waals surface area (Å²) in [5, 5.41) is 14.5. The van der Waals surface area contributed by atoms with Gasteiger partial charge in [0.15, 0.2) is 0 Å². The number of aromatic hydroxyl groups is 1. The Labute approximate surface area is 107 Å². The Morgan fingerprint density at radius 1 is 1.28 bits per heavy atom. The normalized spacial score (nSPS) is 16.7. The summed E-state index contributed by atoms with van der Waals surface area (Å²) >= 11 is 0. The van der Waals surface area contributed by atoms with Crippen molar-refractivity contribution in [2.45, 2.75) is 38.1 Å². The fourth-order valence-corrected chi connectivity index (χ4v) is 2.97. The van der Waals surface area contributed by atoms with Crippen LogP contribution in [0.15, 0.2) is 24.4 Å². The fraction of sp³-hybridized carbons (Fsp3) is 0.467. The first-order valence-corrected chi connectivity index (χ1v) is 6.86. The van der Waals surface area contributed by atoms with E-state index >= 15 is 0 Å². The molecule has 3 rings (SSSR count). The Hall–Kier alpha value is -1.48. The first-order valence-electron chi connectivity index (χ1n) is 6.86. The van der Waals surface area contributed by atoms with Gasteiger partial charge in [0, 0.05) is 23.1 Å². The Kier molecular flexibility index (Phi) is 3.24. The number of benzene rings is 1. The van der Waals surface area contributed by atoms with Gasteiger partial charge in [0.2, 0.25) is 0 Å². The SMILES string of the molecule is Oc1cccc2[nH]cc(CCNC3CCCC3)c12. The van der Waals surface area contributed by atoms with E-state index in [4.69, 9.17) is 0 Å². The van der Waals surface area contributed by atoms with E-state index in [1.165, 1.54) is 31.2 Å². The highest BCUT2D eigenvalue weighted by Gasteiger charge is 2.14. The third-order valence-corrected chi connectivity index (χ3v) is 3.95. The van der Waals surface area contributed by atoms with Gasteiger partial charge in [0.05, 0.1) is 0 Å². The lowest BCUT2D eigenvalue weighted by Crippen LogP contribution is -2.27. The molecule has 2 aromatic rings. The molecule has 0 aliphatic heterocycles. The van der Waals surface area contributed by atoms with E-state index in [1.807, 2.05) is 18.3 Å². The summed E-state index contributed by atoms with van der Waals surface area (Å²) in [5.41, 5.74) is 2.22. The first-order chi connectivity index (χ1) is 8.84. The predicted octanol–water partition coefficient (Wildman–Crippen LogP) is 2.95. The van der Waals surface area contributed by atoms with E-state index in [9.17, 15) is 5.11 Å². The van der Waals surface area contributed by atoms with Crippen LogP contribution < -0.4 is 5.32 Å². The monoisotopic (exact) mass is 244 g/mol. The molecule has 1 aromatic heterocycles. The standard InChI is InChI=1S/C15H20N2O/c18-14-7-3-6-13-15(14)11(10-17-13)8-9-16-12-4-1-2-5-12/h3,6-7,10,12,16-18H,1-2,4-5,8-9H2. The zero-order valence-corrected chi connectivity index (χ0v) is 10.6. The molecule has 3 N–H and O–H groups in total. The van der Waals surface area contributed by atoms with Crippen LogP contribution >= 0.6 is 0 Å². The summed E-state index contributed by atoms with van der Waals surface area (Å²) < 4.78 is 0. The molecule has 3 heteroatoms. The van der Waals surface area contributed by atoms with Crippen molar-refractivity contribution in [2.24, 2.45) is 0 Å². The van der Waals surface area contributed by atoms with Gasteiger partial charge in [-0.1, -0.05) is 18.9 Å². The number of phenols is 1. The van der Waals surface area contributed by atoms with Crippen LogP contribution in [0.2, 0.25) is 0 Å². The molecule has 1 aromatic carbocycles. The van der Waals surface area contributed by atoms with Crippen molar-refractivity contribution in [3.05, 3.63) is 30.0 Å². The summed E-state index contributed by atoms with van der Waals surface area (Å²) in [6, 6.07) is 6.34. The second kappa shape index (κ2) is 5.02. The van der Waals surface area contributed by atoms with Crippen molar-refractivity contribution >= 4 is 10.9 Å². The quantitative estimate of drug-likeness (QED) is 0.774. The van der Waals surface area contributed by atoms with Gasteiger partial charge in [-0.3, -0.25) is 0 Å². The minimum Gasteiger partial charge on any atom is -0.507 e. The van der Waals surface area contributed by atoms with Gasteiger partial charge in [-0.25, -0.2) is 0 Å². The fourth-order valence-electron chi connectivity index (χ4n) is 2.97. The van der Waals surface area contributed by atoms with Crippen LogP contribution in [0.25, 0.3) is 10.9 Å². The van der Waals surface area contributed by atoms with Gasteiger partial charge in [0.1, 0.15) is 5.75 Å². The van der Waals surface area contributed by atoms with Gasteiger partial charge < -0.3 is 15.4 Å². The highest BCUT2D eigenvalue weighted by Crippen LogP contribution is 2.27. The topological polar surface area (TPSA) is 48.0 Å². The summed E-state index contributed by atoms with van der Waals surface area (Å²) in [4.78, 5) is 3.22. The van der Waals surface area contributed by atoms with Crippen LogP contribution in [0.3, 0.4) is 0 Å². The molecule has 0 unspecified atom stereocenters. The van der Waals surface area contributed by atoms with E-state index in [2.05, 4.69) is 10.3 Å². The summed E-state index contributed by atoms with van der Waals surface area (Å²) in [5.74, 6) is 0.379. The second-order valence-electron chi connectivity index (χ2n) is 5.20. The van der Waals surface area contributed by atoms with Crippen molar-refractivity contribution in [2.75, 3.05) is 6.54 Å².